The number of hydrogen-bond acceptors (Lipinski definition) is 5. The van der Waals surface area contributed by atoms with Gasteiger partial charge in [0.2, 0.25) is 0 Å². The number of esters is 2. The van der Waals surface area contributed by atoms with Crippen LogP contribution in [0.3, 0.4) is 0 Å². The van der Waals surface area contributed by atoms with Crippen LogP contribution in [-0.2, 0) is 23.9 Å². The molecule has 0 aromatic heterocycles. The average molecular weight is 288 g/mol. The fourth-order valence-corrected chi connectivity index (χ4v) is 3.93. The second kappa shape index (κ2) is 3.99. The van der Waals surface area contributed by atoms with Gasteiger partial charge in [-0.1, -0.05) is 0 Å². The molecule has 5 nitrogen and oxygen atoms in total. The highest BCUT2D eigenvalue weighted by molar-refractivity contribution is 5.88. The van der Waals surface area contributed by atoms with Crippen molar-refractivity contribution in [3.05, 3.63) is 0 Å². The van der Waals surface area contributed by atoms with E-state index in [0.29, 0.717) is 13.3 Å². The lowest BCUT2D eigenvalue weighted by Gasteiger charge is -2.30. The monoisotopic (exact) mass is 288 g/mol. The van der Waals surface area contributed by atoms with E-state index >= 15 is 0 Å². The van der Waals surface area contributed by atoms with Crippen LogP contribution in [0.25, 0.3) is 0 Å². The molecule has 0 spiro atoms. The number of carbonyl (C=O) groups excluding carboxylic acids is 3. The predicted molar refractivity (Wildman–Crippen MR) is 59.6 cm³/mol. The van der Waals surface area contributed by atoms with Crippen LogP contribution in [0, 0.1) is 23.7 Å². The zero-order valence-corrected chi connectivity index (χ0v) is 11.0. The average Bonchev–Trinajstić information content (AvgIpc) is 2.90. The van der Waals surface area contributed by atoms with Crippen molar-refractivity contribution in [1.29, 1.82) is 0 Å². The quantitative estimate of drug-likeness (QED) is 0.723. The Kier molecular flexibility index (Phi) is 2.68. The molecule has 2 bridgehead atoms. The number of rotatable bonds is 3. The Labute approximate surface area is 113 Å². The van der Waals surface area contributed by atoms with Gasteiger partial charge < -0.3 is 9.47 Å². The number of Topliss-reactive ketones (excluding diaryl/α,β-unsaturated/α-hetero) is 1. The molecule has 0 amide bonds. The Morgan fingerprint density at radius 1 is 1.35 bits per heavy atom. The molecular weight excluding hydrogens is 274 g/mol. The molecule has 2 saturated carbocycles. The number of hydrogen-bond donors (Lipinski definition) is 0. The largest absolute Gasteiger partial charge is 0.458 e. The minimum atomic E-state index is -3.60. The van der Waals surface area contributed by atoms with Gasteiger partial charge in [-0.25, -0.2) is 4.79 Å². The van der Waals surface area contributed by atoms with Gasteiger partial charge in [0.05, 0.1) is 5.92 Å². The maximum Gasteiger partial charge on any atom is 0.377 e. The molecule has 6 unspecified atom stereocenters. The minimum Gasteiger partial charge on any atom is -0.458 e. The van der Waals surface area contributed by atoms with Crippen molar-refractivity contribution in [2.24, 2.45) is 23.7 Å². The van der Waals surface area contributed by atoms with E-state index in [0.717, 1.165) is 0 Å². The summed E-state index contributed by atoms with van der Waals surface area (Å²) < 4.78 is 35.9. The fraction of sp³-hybridized carbons (Fsp3) is 0.769. The molecule has 0 aromatic carbocycles. The van der Waals surface area contributed by atoms with Crippen LogP contribution in [-0.4, -0.2) is 35.9 Å². The van der Waals surface area contributed by atoms with Gasteiger partial charge in [0, 0.05) is 24.7 Å². The van der Waals surface area contributed by atoms with Gasteiger partial charge in [0.15, 0.2) is 0 Å². The second-order valence-corrected chi connectivity index (χ2v) is 5.89. The van der Waals surface area contributed by atoms with Crippen molar-refractivity contribution < 1.29 is 32.6 Å². The molecular formula is C13H14F2O5. The van der Waals surface area contributed by atoms with E-state index in [2.05, 4.69) is 0 Å². The molecule has 1 heterocycles. The fourth-order valence-electron chi connectivity index (χ4n) is 3.93. The number of carbonyl (C=O) groups is 3. The number of ether oxygens (including phenoxy) is 2. The van der Waals surface area contributed by atoms with Gasteiger partial charge in [-0.15, -0.1) is 0 Å². The summed E-state index contributed by atoms with van der Waals surface area (Å²) in [5, 5.41) is 0. The van der Waals surface area contributed by atoms with Gasteiger partial charge in [0.25, 0.3) is 0 Å². The molecule has 1 aliphatic heterocycles. The van der Waals surface area contributed by atoms with Crippen LogP contribution in [0.1, 0.15) is 20.3 Å². The van der Waals surface area contributed by atoms with Crippen molar-refractivity contribution in [3.8, 4) is 0 Å². The van der Waals surface area contributed by atoms with E-state index in [1.165, 1.54) is 6.92 Å². The number of alkyl halides is 2. The maximum atomic E-state index is 12.9. The smallest absolute Gasteiger partial charge is 0.377 e. The van der Waals surface area contributed by atoms with E-state index in [4.69, 9.17) is 9.47 Å². The lowest BCUT2D eigenvalue weighted by atomic mass is 9.76. The van der Waals surface area contributed by atoms with Gasteiger partial charge in [-0.2, -0.15) is 8.78 Å². The van der Waals surface area contributed by atoms with Gasteiger partial charge in [-0.3, -0.25) is 9.59 Å². The highest BCUT2D eigenvalue weighted by atomic mass is 19.3. The third-order valence-electron chi connectivity index (χ3n) is 4.62. The summed E-state index contributed by atoms with van der Waals surface area (Å²) in [6, 6.07) is 0. The molecule has 1 saturated heterocycles. The highest BCUT2D eigenvalue weighted by Gasteiger charge is 2.69. The van der Waals surface area contributed by atoms with Crippen molar-refractivity contribution in [2.45, 2.75) is 38.4 Å². The Morgan fingerprint density at radius 2 is 2.00 bits per heavy atom. The molecule has 6 atom stereocenters. The zero-order valence-electron chi connectivity index (χ0n) is 11.0. The van der Waals surface area contributed by atoms with Crippen LogP contribution in [0.5, 0.6) is 0 Å². The second-order valence-electron chi connectivity index (χ2n) is 5.89. The Hall–Kier alpha value is -1.53. The van der Waals surface area contributed by atoms with Crippen molar-refractivity contribution in [2.75, 3.05) is 0 Å². The minimum absolute atomic E-state index is 0.191. The predicted octanol–water partition coefficient (Wildman–Crippen LogP) is 0.950. The first-order valence-corrected chi connectivity index (χ1v) is 6.51. The maximum absolute atomic E-state index is 12.9. The normalized spacial score (nSPS) is 41.7. The van der Waals surface area contributed by atoms with Crippen molar-refractivity contribution >= 4 is 17.7 Å². The third-order valence-corrected chi connectivity index (χ3v) is 4.62. The SMILES string of the molecule is CC(=O)C1C2CC3C(OC(=O)C31)C2OC(=O)C(C)(F)F. The lowest BCUT2D eigenvalue weighted by Crippen LogP contribution is -2.44. The highest BCUT2D eigenvalue weighted by Crippen LogP contribution is 2.58. The van der Waals surface area contributed by atoms with Crippen LogP contribution in [0.15, 0.2) is 0 Å². The molecule has 20 heavy (non-hydrogen) atoms. The molecule has 3 aliphatic rings. The van der Waals surface area contributed by atoms with Gasteiger partial charge in [-0.05, 0) is 13.3 Å². The standard InChI is InChI=1S/C13H14F2O5/c1-4(16)7-5-3-6-8(7)11(17)19-9(6)10(5)20-12(18)13(2,14)15/h5-10H,3H2,1-2H3. The molecule has 0 N–H and O–H groups in total. The summed E-state index contributed by atoms with van der Waals surface area (Å²) >= 11 is 0. The molecule has 110 valence electrons. The van der Waals surface area contributed by atoms with Crippen LogP contribution < -0.4 is 0 Å². The van der Waals surface area contributed by atoms with E-state index in [-0.39, 0.29) is 11.7 Å². The Bertz CT molecular complexity index is 497. The molecule has 0 radical (unpaired) electrons. The van der Waals surface area contributed by atoms with Crippen molar-refractivity contribution in [1.82, 2.24) is 0 Å². The first-order chi connectivity index (χ1) is 9.21. The third kappa shape index (κ3) is 1.68. The van der Waals surface area contributed by atoms with E-state index in [1.54, 1.807) is 0 Å². The Balaban J connectivity index is 1.86. The summed E-state index contributed by atoms with van der Waals surface area (Å²) in [6.45, 7) is 1.81. The van der Waals surface area contributed by atoms with Crippen LogP contribution in [0.4, 0.5) is 8.78 Å². The number of fused-ring (bicyclic) bond motifs is 1. The molecule has 2 aliphatic carbocycles. The molecule has 0 aromatic rings. The van der Waals surface area contributed by atoms with E-state index in [9.17, 15) is 23.2 Å². The first kappa shape index (κ1) is 13.5. The summed E-state index contributed by atoms with van der Waals surface area (Å²) in [4.78, 5) is 34.8. The number of ketones is 1. The van der Waals surface area contributed by atoms with Crippen LogP contribution in [0.2, 0.25) is 0 Å². The molecule has 3 fully saturated rings. The van der Waals surface area contributed by atoms with Gasteiger partial charge >= 0.3 is 17.9 Å². The first-order valence-electron chi connectivity index (χ1n) is 6.51. The summed E-state index contributed by atoms with van der Waals surface area (Å²) in [5.41, 5.74) is 0. The topological polar surface area (TPSA) is 69.7 Å². The molecule has 3 rings (SSSR count). The Morgan fingerprint density at radius 3 is 2.55 bits per heavy atom. The van der Waals surface area contributed by atoms with Crippen molar-refractivity contribution in [3.63, 3.8) is 0 Å². The summed E-state index contributed by atoms with van der Waals surface area (Å²) in [6.07, 6.45) is -1.12. The zero-order chi connectivity index (χ0) is 14.8. The summed E-state index contributed by atoms with van der Waals surface area (Å²) in [7, 11) is 0. The molecule has 7 heteroatoms. The van der Waals surface area contributed by atoms with Crippen LogP contribution >= 0.6 is 0 Å². The lowest BCUT2D eigenvalue weighted by molar-refractivity contribution is -0.184. The number of halogens is 2. The van der Waals surface area contributed by atoms with Gasteiger partial charge in [0.1, 0.15) is 18.0 Å². The van der Waals surface area contributed by atoms with E-state index in [1.807, 2.05) is 0 Å². The summed E-state index contributed by atoms with van der Waals surface area (Å²) in [5.74, 6) is -7.61. The van der Waals surface area contributed by atoms with E-state index < -0.39 is 47.8 Å².